The maximum Gasteiger partial charge on any atom is 0.269 e. The number of nitrogens with one attached hydrogen (secondary N) is 1. The van der Waals surface area contributed by atoms with Gasteiger partial charge >= 0.3 is 0 Å². The van der Waals surface area contributed by atoms with Crippen molar-refractivity contribution in [2.75, 3.05) is 13.1 Å². The first-order valence-electron chi connectivity index (χ1n) is 9.83. The molecule has 1 aliphatic rings. The second kappa shape index (κ2) is 6.93. The Balaban J connectivity index is 1.72. The average Bonchev–Trinajstić information content (AvgIpc) is 3.19. The van der Waals surface area contributed by atoms with Crippen LogP contribution in [0.25, 0.3) is 21.9 Å². The first-order chi connectivity index (χ1) is 14.1. The Hall–Kier alpha value is -2.77. The zero-order valence-corrected chi connectivity index (χ0v) is 17.0. The number of benzene rings is 1. The van der Waals surface area contributed by atoms with Crippen molar-refractivity contribution in [3.05, 3.63) is 66.1 Å². The van der Waals surface area contributed by atoms with Crippen LogP contribution in [-0.2, 0) is 10.0 Å². The molecule has 1 atom stereocenters. The van der Waals surface area contributed by atoms with Gasteiger partial charge in [-0.15, -0.1) is 0 Å². The maximum absolute atomic E-state index is 13.2. The largest absolute Gasteiger partial charge is 0.316 e. The molecule has 0 aliphatic carbocycles. The molecule has 4 heterocycles. The van der Waals surface area contributed by atoms with Gasteiger partial charge in [0.25, 0.3) is 10.0 Å². The number of aromatic nitrogens is 3. The number of hydrogen-bond donors (Lipinski definition) is 1. The van der Waals surface area contributed by atoms with Gasteiger partial charge in [0.1, 0.15) is 0 Å². The molecule has 0 bridgehead atoms. The molecule has 1 N–H and O–H groups in total. The summed E-state index contributed by atoms with van der Waals surface area (Å²) in [5, 5.41) is 5.29. The van der Waals surface area contributed by atoms with Crippen molar-refractivity contribution >= 4 is 32.0 Å². The molecule has 29 heavy (non-hydrogen) atoms. The summed E-state index contributed by atoms with van der Waals surface area (Å²) in [6.07, 6.45) is 7.34. The van der Waals surface area contributed by atoms with E-state index in [2.05, 4.69) is 21.4 Å². The molecule has 1 saturated heterocycles. The van der Waals surface area contributed by atoms with Gasteiger partial charge in [-0.25, -0.2) is 17.4 Å². The standard InChI is InChI=1S/C22H22N4O2S/c1-15-4-6-17(7-5-15)29(27,28)26-12-9-19-21-18(16-3-2-10-23-13-16)8-11-24-20(21)14-25-22(19)26/h4-9,11-12,14,16,23H,2-3,10,13H2,1H3. The van der Waals surface area contributed by atoms with Gasteiger partial charge in [-0.05, 0) is 62.1 Å². The Kier molecular flexibility index (Phi) is 4.37. The van der Waals surface area contributed by atoms with Crippen LogP contribution in [0, 0.1) is 6.92 Å². The third-order valence-electron chi connectivity index (χ3n) is 5.73. The lowest BCUT2D eigenvalue weighted by Gasteiger charge is -2.24. The zero-order valence-electron chi connectivity index (χ0n) is 16.2. The van der Waals surface area contributed by atoms with E-state index < -0.39 is 10.0 Å². The number of rotatable bonds is 3. The van der Waals surface area contributed by atoms with Gasteiger partial charge in [0, 0.05) is 29.7 Å². The Morgan fingerprint density at radius 1 is 1.10 bits per heavy atom. The summed E-state index contributed by atoms with van der Waals surface area (Å²) < 4.78 is 27.8. The minimum Gasteiger partial charge on any atom is -0.316 e. The highest BCUT2D eigenvalue weighted by atomic mass is 32.2. The molecule has 0 radical (unpaired) electrons. The highest BCUT2D eigenvalue weighted by molar-refractivity contribution is 7.90. The number of piperidine rings is 1. The molecular formula is C22H22N4O2S. The van der Waals surface area contributed by atoms with Crippen LogP contribution in [0.5, 0.6) is 0 Å². The fourth-order valence-corrected chi connectivity index (χ4v) is 5.51. The molecule has 0 saturated carbocycles. The van der Waals surface area contributed by atoms with Crippen LogP contribution in [0.4, 0.5) is 0 Å². The normalized spacial score (nSPS) is 17.8. The smallest absolute Gasteiger partial charge is 0.269 e. The van der Waals surface area contributed by atoms with Crippen LogP contribution in [0.15, 0.2) is 59.9 Å². The first-order valence-corrected chi connectivity index (χ1v) is 11.3. The number of fused-ring (bicyclic) bond motifs is 3. The highest BCUT2D eigenvalue weighted by Crippen LogP contribution is 2.34. The minimum atomic E-state index is -3.72. The summed E-state index contributed by atoms with van der Waals surface area (Å²) in [5.41, 5.74) is 3.46. The van der Waals surface area contributed by atoms with Crippen molar-refractivity contribution < 1.29 is 8.42 Å². The van der Waals surface area contributed by atoms with Gasteiger partial charge in [-0.1, -0.05) is 17.7 Å². The van der Waals surface area contributed by atoms with E-state index >= 15 is 0 Å². The Morgan fingerprint density at radius 2 is 1.93 bits per heavy atom. The molecule has 7 heteroatoms. The number of hydrogen-bond acceptors (Lipinski definition) is 5. The summed E-state index contributed by atoms with van der Waals surface area (Å²) in [5.74, 6) is 0.386. The van der Waals surface area contributed by atoms with Crippen molar-refractivity contribution in [1.82, 2.24) is 19.3 Å². The molecule has 0 spiro atoms. The van der Waals surface area contributed by atoms with Crippen molar-refractivity contribution in [3.63, 3.8) is 0 Å². The molecule has 0 amide bonds. The fourth-order valence-electron chi connectivity index (χ4n) is 4.21. The Bertz CT molecular complexity index is 1300. The lowest BCUT2D eigenvalue weighted by atomic mass is 9.89. The monoisotopic (exact) mass is 406 g/mol. The topological polar surface area (TPSA) is 76.9 Å². The maximum atomic E-state index is 13.2. The number of aryl methyl sites for hydroxylation is 1. The molecule has 3 aromatic heterocycles. The van der Waals surface area contributed by atoms with Gasteiger partial charge < -0.3 is 5.32 Å². The molecule has 6 nitrogen and oxygen atoms in total. The van der Waals surface area contributed by atoms with Gasteiger partial charge in [0.15, 0.2) is 5.65 Å². The van der Waals surface area contributed by atoms with E-state index in [4.69, 9.17) is 0 Å². The van der Waals surface area contributed by atoms with Crippen LogP contribution in [0.3, 0.4) is 0 Å². The number of nitrogens with zero attached hydrogens (tertiary/aromatic N) is 3. The van der Waals surface area contributed by atoms with Crippen LogP contribution in [-0.4, -0.2) is 35.4 Å². The summed E-state index contributed by atoms with van der Waals surface area (Å²) >= 11 is 0. The fraction of sp³-hybridized carbons (Fsp3) is 0.273. The predicted molar refractivity (Wildman–Crippen MR) is 114 cm³/mol. The lowest BCUT2D eigenvalue weighted by molar-refractivity contribution is 0.463. The van der Waals surface area contributed by atoms with Crippen LogP contribution >= 0.6 is 0 Å². The SMILES string of the molecule is Cc1ccc(S(=O)(=O)n2ccc3c4c(C5CCCNC5)ccnc4cnc32)cc1. The molecular weight excluding hydrogens is 384 g/mol. The second-order valence-corrected chi connectivity index (χ2v) is 9.44. The van der Waals surface area contributed by atoms with Crippen molar-refractivity contribution in [1.29, 1.82) is 0 Å². The van der Waals surface area contributed by atoms with Gasteiger partial charge in [0.2, 0.25) is 0 Å². The van der Waals surface area contributed by atoms with E-state index in [1.54, 1.807) is 36.7 Å². The lowest BCUT2D eigenvalue weighted by Crippen LogP contribution is -2.28. The van der Waals surface area contributed by atoms with E-state index in [1.807, 2.05) is 19.2 Å². The molecule has 1 aliphatic heterocycles. The third-order valence-corrected chi connectivity index (χ3v) is 7.41. The quantitative estimate of drug-likeness (QED) is 0.563. The Morgan fingerprint density at radius 3 is 2.69 bits per heavy atom. The van der Waals surface area contributed by atoms with Crippen molar-refractivity contribution in [2.45, 2.75) is 30.6 Å². The highest BCUT2D eigenvalue weighted by Gasteiger charge is 2.23. The Labute approximate surface area is 169 Å². The molecule has 148 valence electrons. The minimum absolute atomic E-state index is 0.255. The van der Waals surface area contributed by atoms with E-state index in [0.29, 0.717) is 11.6 Å². The van der Waals surface area contributed by atoms with Crippen LogP contribution in [0.2, 0.25) is 0 Å². The van der Waals surface area contributed by atoms with Gasteiger partial charge in [-0.3, -0.25) is 4.98 Å². The first kappa shape index (κ1) is 18.3. The molecule has 1 unspecified atom stereocenters. The zero-order chi connectivity index (χ0) is 20.0. The van der Waals surface area contributed by atoms with E-state index in [1.165, 1.54) is 9.54 Å². The average molecular weight is 407 g/mol. The van der Waals surface area contributed by atoms with Crippen molar-refractivity contribution in [2.24, 2.45) is 0 Å². The molecule has 1 aromatic carbocycles. The van der Waals surface area contributed by atoms with Crippen LogP contribution < -0.4 is 5.32 Å². The van der Waals surface area contributed by atoms with Crippen LogP contribution in [0.1, 0.15) is 29.9 Å². The second-order valence-electron chi connectivity index (χ2n) is 7.63. The summed E-state index contributed by atoms with van der Waals surface area (Å²) in [7, 11) is -3.72. The molecule has 5 rings (SSSR count). The predicted octanol–water partition coefficient (Wildman–Crippen LogP) is 3.60. The van der Waals surface area contributed by atoms with E-state index in [-0.39, 0.29) is 4.90 Å². The summed E-state index contributed by atoms with van der Waals surface area (Å²) in [6.45, 7) is 3.90. The van der Waals surface area contributed by atoms with E-state index in [9.17, 15) is 8.42 Å². The summed E-state index contributed by atoms with van der Waals surface area (Å²) in [4.78, 5) is 9.21. The molecule has 4 aromatic rings. The molecule has 1 fully saturated rings. The number of pyridine rings is 2. The van der Waals surface area contributed by atoms with Gasteiger partial charge in [-0.2, -0.15) is 0 Å². The summed E-state index contributed by atoms with van der Waals surface area (Å²) in [6, 6.07) is 10.8. The third kappa shape index (κ3) is 3.01. The van der Waals surface area contributed by atoms with E-state index in [0.717, 1.165) is 47.8 Å². The van der Waals surface area contributed by atoms with Crippen molar-refractivity contribution in [3.8, 4) is 0 Å². The van der Waals surface area contributed by atoms with Gasteiger partial charge in [0.05, 0.1) is 16.6 Å².